The maximum atomic E-state index is 10.0. The normalized spacial score (nSPS) is 14.1. The Bertz CT molecular complexity index is 158. The van der Waals surface area contributed by atoms with Crippen LogP contribution in [0.2, 0.25) is 0 Å². The first-order chi connectivity index (χ1) is 7.74. The van der Waals surface area contributed by atoms with Gasteiger partial charge < -0.3 is 26.0 Å². The van der Waals surface area contributed by atoms with Gasteiger partial charge in [0.1, 0.15) is 0 Å². The maximum Gasteiger partial charge on any atom is 0.314 e. The Balaban J connectivity index is 0.000000315. The van der Waals surface area contributed by atoms with Gasteiger partial charge in [-0.2, -0.15) is 0 Å². The number of hydrogen-bond acceptors (Lipinski definition) is 5. The smallest absolute Gasteiger partial charge is 0.314 e. The molecule has 0 aromatic rings. The molecule has 0 atom stereocenters. The van der Waals surface area contributed by atoms with Gasteiger partial charge in [0.25, 0.3) is 0 Å². The zero-order valence-electron chi connectivity index (χ0n) is 9.35. The van der Waals surface area contributed by atoms with Gasteiger partial charge >= 0.3 is 6.03 Å². The lowest BCUT2D eigenvalue weighted by molar-refractivity contribution is 0.136. The van der Waals surface area contributed by atoms with Gasteiger partial charge in [-0.3, -0.25) is 4.90 Å². The van der Waals surface area contributed by atoms with E-state index in [1.54, 1.807) is 4.90 Å². The van der Waals surface area contributed by atoms with Crippen molar-refractivity contribution in [2.45, 2.75) is 0 Å². The van der Waals surface area contributed by atoms with Gasteiger partial charge in [-0.1, -0.05) is 0 Å². The van der Waals surface area contributed by atoms with E-state index >= 15 is 0 Å². The third-order valence-corrected chi connectivity index (χ3v) is 1.94. The fraction of sp³-hybridized carbons (Fsp3) is 0.889. The summed E-state index contributed by atoms with van der Waals surface area (Å²) in [6.07, 6.45) is 0. The average molecular weight is 235 g/mol. The number of amides is 2. The minimum Gasteiger partial charge on any atom is -0.395 e. The summed E-state index contributed by atoms with van der Waals surface area (Å²) in [5, 5.41) is 30.6. The number of nitrogens with zero attached hydrogens (tertiary/aromatic N) is 1. The molecule has 0 saturated carbocycles. The molecule has 96 valence electrons. The van der Waals surface area contributed by atoms with Crippen LogP contribution in [0.5, 0.6) is 0 Å². The molecule has 7 nitrogen and oxygen atoms in total. The molecule has 0 unspecified atom stereocenters. The van der Waals surface area contributed by atoms with Crippen LogP contribution in [0.15, 0.2) is 0 Å². The number of urea groups is 1. The molecular formula is C9H21N3O4. The quantitative estimate of drug-likeness (QED) is 0.352. The van der Waals surface area contributed by atoms with Crippen molar-refractivity contribution in [2.24, 2.45) is 0 Å². The zero-order valence-corrected chi connectivity index (χ0v) is 9.35. The van der Waals surface area contributed by atoms with E-state index < -0.39 is 0 Å². The van der Waals surface area contributed by atoms with Crippen LogP contribution < -0.4 is 10.6 Å². The highest BCUT2D eigenvalue weighted by molar-refractivity contribution is 5.75. The predicted molar refractivity (Wildman–Crippen MR) is 59.1 cm³/mol. The Morgan fingerprint density at radius 2 is 1.31 bits per heavy atom. The molecule has 1 heterocycles. The molecule has 5 N–H and O–H groups in total. The molecule has 1 aliphatic rings. The molecule has 0 radical (unpaired) electrons. The van der Waals surface area contributed by atoms with Gasteiger partial charge in [-0.05, 0) is 0 Å². The van der Waals surface area contributed by atoms with E-state index in [1.807, 2.05) is 0 Å². The highest BCUT2D eigenvalue weighted by Crippen LogP contribution is 1.84. The van der Waals surface area contributed by atoms with Crippen LogP contribution in [0.1, 0.15) is 0 Å². The minimum atomic E-state index is -0.0463. The molecule has 7 heteroatoms. The zero-order chi connectivity index (χ0) is 12.2. The SMILES string of the molecule is O=C1NCCN1.OCCN(CCO)CCO. The van der Waals surface area contributed by atoms with Gasteiger partial charge in [-0.15, -0.1) is 0 Å². The Kier molecular flexibility index (Phi) is 10.0. The molecule has 1 saturated heterocycles. The standard InChI is InChI=1S/C6H15NO3.C3H6N2O/c8-4-1-7(2-5-9)3-6-10;6-3-4-1-2-5-3/h8-10H,1-6H2;1-2H2,(H2,4,5,6). The van der Waals surface area contributed by atoms with Crippen molar-refractivity contribution >= 4 is 6.03 Å². The molecule has 0 spiro atoms. The number of aliphatic hydroxyl groups excluding tert-OH is 3. The fourth-order valence-corrected chi connectivity index (χ4v) is 1.17. The predicted octanol–water partition coefficient (Wildman–Crippen LogP) is -2.44. The number of aliphatic hydroxyl groups is 3. The largest absolute Gasteiger partial charge is 0.395 e. The summed E-state index contributed by atoms with van der Waals surface area (Å²) in [6, 6.07) is -0.0463. The number of carbonyl (C=O) groups is 1. The summed E-state index contributed by atoms with van der Waals surface area (Å²) in [4.78, 5) is 11.8. The van der Waals surface area contributed by atoms with Crippen molar-refractivity contribution in [3.05, 3.63) is 0 Å². The van der Waals surface area contributed by atoms with E-state index in [-0.39, 0.29) is 25.9 Å². The van der Waals surface area contributed by atoms with Crippen molar-refractivity contribution < 1.29 is 20.1 Å². The van der Waals surface area contributed by atoms with E-state index in [0.717, 1.165) is 13.1 Å². The fourth-order valence-electron chi connectivity index (χ4n) is 1.17. The first-order valence-electron chi connectivity index (χ1n) is 5.31. The lowest BCUT2D eigenvalue weighted by Crippen LogP contribution is -2.32. The Labute approximate surface area is 95.1 Å². The van der Waals surface area contributed by atoms with Gasteiger partial charge in [-0.25, -0.2) is 4.79 Å². The van der Waals surface area contributed by atoms with Crippen molar-refractivity contribution in [1.82, 2.24) is 15.5 Å². The van der Waals surface area contributed by atoms with Crippen LogP contribution in [0.4, 0.5) is 4.79 Å². The molecule has 1 rings (SSSR count). The minimum absolute atomic E-state index is 0.0463. The molecule has 1 fully saturated rings. The summed E-state index contributed by atoms with van der Waals surface area (Å²) >= 11 is 0. The van der Waals surface area contributed by atoms with E-state index in [2.05, 4.69) is 10.6 Å². The third kappa shape index (κ3) is 8.42. The average Bonchev–Trinajstić information content (AvgIpc) is 2.71. The monoisotopic (exact) mass is 235 g/mol. The van der Waals surface area contributed by atoms with Gasteiger partial charge in [0.2, 0.25) is 0 Å². The number of hydrogen-bond donors (Lipinski definition) is 5. The lowest BCUT2D eigenvalue weighted by atomic mass is 10.4. The molecular weight excluding hydrogens is 214 g/mol. The van der Waals surface area contributed by atoms with Crippen LogP contribution in [0, 0.1) is 0 Å². The first-order valence-corrected chi connectivity index (χ1v) is 5.31. The van der Waals surface area contributed by atoms with E-state index in [0.29, 0.717) is 19.6 Å². The van der Waals surface area contributed by atoms with Crippen LogP contribution in [0.25, 0.3) is 0 Å². The molecule has 0 aromatic carbocycles. The second-order valence-electron chi connectivity index (χ2n) is 3.20. The maximum absolute atomic E-state index is 10.0. The van der Waals surface area contributed by atoms with Crippen molar-refractivity contribution in [2.75, 3.05) is 52.5 Å². The highest BCUT2D eigenvalue weighted by Gasteiger charge is 2.03. The van der Waals surface area contributed by atoms with Crippen molar-refractivity contribution in [3.63, 3.8) is 0 Å². The second-order valence-corrected chi connectivity index (χ2v) is 3.20. The first kappa shape index (κ1) is 15.1. The Hall–Kier alpha value is -0.890. The second kappa shape index (κ2) is 10.6. The number of rotatable bonds is 6. The summed E-state index contributed by atoms with van der Waals surface area (Å²) < 4.78 is 0. The van der Waals surface area contributed by atoms with Crippen LogP contribution in [-0.4, -0.2) is 78.8 Å². The van der Waals surface area contributed by atoms with Gasteiger partial charge in [0.15, 0.2) is 0 Å². The molecule has 1 aliphatic heterocycles. The molecule has 16 heavy (non-hydrogen) atoms. The third-order valence-electron chi connectivity index (χ3n) is 1.94. The summed E-state index contributed by atoms with van der Waals surface area (Å²) in [5.74, 6) is 0. The van der Waals surface area contributed by atoms with Crippen molar-refractivity contribution in [3.8, 4) is 0 Å². The van der Waals surface area contributed by atoms with Crippen molar-refractivity contribution in [1.29, 1.82) is 0 Å². The molecule has 0 bridgehead atoms. The van der Waals surface area contributed by atoms with Crippen LogP contribution in [-0.2, 0) is 0 Å². The van der Waals surface area contributed by atoms with Crippen LogP contribution in [0.3, 0.4) is 0 Å². The number of nitrogens with one attached hydrogen (secondary N) is 2. The number of carbonyl (C=O) groups excluding carboxylic acids is 1. The van der Waals surface area contributed by atoms with Gasteiger partial charge in [0, 0.05) is 32.7 Å². The molecule has 2 amide bonds. The molecule has 0 aliphatic carbocycles. The van der Waals surface area contributed by atoms with E-state index in [1.165, 1.54) is 0 Å². The van der Waals surface area contributed by atoms with Crippen LogP contribution >= 0.6 is 0 Å². The summed E-state index contributed by atoms with van der Waals surface area (Å²) in [7, 11) is 0. The summed E-state index contributed by atoms with van der Waals surface area (Å²) in [6.45, 7) is 3.31. The highest BCUT2D eigenvalue weighted by atomic mass is 16.3. The Morgan fingerprint density at radius 3 is 1.50 bits per heavy atom. The van der Waals surface area contributed by atoms with Gasteiger partial charge in [0.05, 0.1) is 19.8 Å². The van der Waals surface area contributed by atoms with E-state index in [9.17, 15) is 4.79 Å². The van der Waals surface area contributed by atoms with E-state index in [4.69, 9.17) is 15.3 Å². The topological polar surface area (TPSA) is 105 Å². The summed E-state index contributed by atoms with van der Waals surface area (Å²) in [5.41, 5.74) is 0. The molecule has 0 aromatic heterocycles. The Morgan fingerprint density at radius 1 is 0.938 bits per heavy atom. The lowest BCUT2D eigenvalue weighted by Gasteiger charge is -2.17.